The van der Waals surface area contributed by atoms with E-state index in [-0.39, 0.29) is 5.92 Å². The van der Waals surface area contributed by atoms with E-state index in [1.165, 1.54) is 0 Å². The van der Waals surface area contributed by atoms with Gasteiger partial charge in [0.05, 0.1) is 17.6 Å². The number of aromatic nitrogens is 2. The first kappa shape index (κ1) is 10.7. The molecule has 2 aromatic heterocycles. The smallest absolute Gasteiger partial charge is 0.306 e. The normalized spacial score (nSPS) is 12.9. The van der Waals surface area contributed by atoms with Gasteiger partial charge in [-0.15, -0.1) is 0 Å². The number of carboxylic acids is 1. The van der Waals surface area contributed by atoms with E-state index in [0.29, 0.717) is 6.42 Å². The highest BCUT2D eigenvalue weighted by Crippen LogP contribution is 2.16. The maximum Gasteiger partial charge on any atom is 0.306 e. The number of pyridine rings is 1. The first-order chi connectivity index (χ1) is 7.59. The van der Waals surface area contributed by atoms with Gasteiger partial charge in [0.25, 0.3) is 0 Å². The lowest BCUT2D eigenvalue weighted by Crippen LogP contribution is -2.12. The molecule has 1 atom stereocenters. The quantitative estimate of drug-likeness (QED) is 0.856. The van der Waals surface area contributed by atoms with Crippen molar-refractivity contribution in [2.24, 2.45) is 5.92 Å². The minimum Gasteiger partial charge on any atom is -0.481 e. The summed E-state index contributed by atoms with van der Waals surface area (Å²) < 4.78 is 1.98. The minimum atomic E-state index is -0.766. The van der Waals surface area contributed by atoms with Crippen LogP contribution < -0.4 is 0 Å². The van der Waals surface area contributed by atoms with Crippen LogP contribution in [-0.4, -0.2) is 20.5 Å². The molecule has 1 unspecified atom stereocenters. The average Bonchev–Trinajstić information content (AvgIpc) is 2.62. The van der Waals surface area contributed by atoms with Gasteiger partial charge in [-0.3, -0.25) is 4.79 Å². The fourth-order valence-corrected chi connectivity index (χ4v) is 1.80. The number of fused-ring (bicyclic) bond motifs is 1. The van der Waals surface area contributed by atoms with Crippen LogP contribution in [-0.2, 0) is 11.2 Å². The third-order valence-electron chi connectivity index (χ3n) is 2.79. The second-order valence-corrected chi connectivity index (χ2v) is 4.04. The molecule has 4 nitrogen and oxygen atoms in total. The van der Waals surface area contributed by atoms with Crippen molar-refractivity contribution < 1.29 is 9.90 Å². The zero-order chi connectivity index (χ0) is 11.7. The van der Waals surface area contributed by atoms with Crippen molar-refractivity contribution in [3.63, 3.8) is 0 Å². The number of imidazole rings is 1. The summed E-state index contributed by atoms with van der Waals surface area (Å²) in [5, 5.41) is 8.90. The molecule has 0 aliphatic rings. The van der Waals surface area contributed by atoms with E-state index in [4.69, 9.17) is 5.11 Å². The molecule has 0 saturated carbocycles. The van der Waals surface area contributed by atoms with E-state index in [2.05, 4.69) is 4.98 Å². The lowest BCUT2D eigenvalue weighted by atomic mass is 10.0. The Bertz CT molecular complexity index is 531. The fraction of sp³-hybridized carbons (Fsp3) is 0.333. The van der Waals surface area contributed by atoms with Crippen LogP contribution in [0.15, 0.2) is 24.5 Å². The van der Waals surface area contributed by atoms with Crippen LogP contribution in [0.5, 0.6) is 0 Å². The molecule has 0 bridgehead atoms. The monoisotopic (exact) mass is 218 g/mol. The predicted molar refractivity (Wildman–Crippen MR) is 60.4 cm³/mol. The van der Waals surface area contributed by atoms with Crippen LogP contribution in [0.3, 0.4) is 0 Å². The van der Waals surface area contributed by atoms with Crippen molar-refractivity contribution in [2.75, 3.05) is 0 Å². The topological polar surface area (TPSA) is 54.6 Å². The molecule has 0 aromatic carbocycles. The van der Waals surface area contributed by atoms with E-state index >= 15 is 0 Å². The lowest BCUT2D eigenvalue weighted by molar-refractivity contribution is -0.141. The highest BCUT2D eigenvalue weighted by Gasteiger charge is 2.14. The number of nitrogens with zero attached hydrogens (tertiary/aromatic N) is 2. The molecule has 2 rings (SSSR count). The zero-order valence-electron chi connectivity index (χ0n) is 9.34. The van der Waals surface area contributed by atoms with Gasteiger partial charge in [0, 0.05) is 6.20 Å². The van der Waals surface area contributed by atoms with E-state index in [9.17, 15) is 4.79 Å². The van der Waals surface area contributed by atoms with E-state index in [1.807, 2.05) is 29.7 Å². The van der Waals surface area contributed by atoms with Crippen LogP contribution in [0.4, 0.5) is 0 Å². The van der Waals surface area contributed by atoms with Gasteiger partial charge in [0.1, 0.15) is 5.82 Å². The third-order valence-corrected chi connectivity index (χ3v) is 2.79. The molecule has 0 fully saturated rings. The molecular formula is C12H14N2O2. The highest BCUT2D eigenvalue weighted by molar-refractivity contribution is 5.70. The Kier molecular flexibility index (Phi) is 2.64. The molecule has 16 heavy (non-hydrogen) atoms. The number of aliphatic carboxylic acids is 1. The predicted octanol–water partition coefficient (Wildman–Crippen LogP) is 1.91. The Morgan fingerprint density at radius 1 is 1.62 bits per heavy atom. The largest absolute Gasteiger partial charge is 0.481 e. The van der Waals surface area contributed by atoms with Gasteiger partial charge < -0.3 is 9.51 Å². The molecule has 0 amide bonds. The summed E-state index contributed by atoms with van der Waals surface area (Å²) in [7, 11) is 0. The first-order valence-electron chi connectivity index (χ1n) is 5.24. The Morgan fingerprint density at radius 3 is 3.06 bits per heavy atom. The third kappa shape index (κ3) is 1.78. The van der Waals surface area contributed by atoms with Crippen molar-refractivity contribution in [3.8, 4) is 0 Å². The average molecular weight is 218 g/mol. The van der Waals surface area contributed by atoms with Crippen molar-refractivity contribution in [1.29, 1.82) is 0 Å². The molecule has 0 saturated heterocycles. The van der Waals surface area contributed by atoms with Crippen LogP contribution in [0.1, 0.15) is 18.3 Å². The SMILES string of the molecule is Cc1ncc2c(CC(C)C(=O)O)cccn12. The minimum absolute atomic E-state index is 0.374. The first-order valence-corrected chi connectivity index (χ1v) is 5.24. The molecule has 0 radical (unpaired) electrons. The molecule has 84 valence electrons. The lowest BCUT2D eigenvalue weighted by Gasteiger charge is -2.08. The summed E-state index contributed by atoms with van der Waals surface area (Å²) in [5.74, 6) is -0.223. The number of rotatable bonds is 3. The van der Waals surface area contributed by atoms with Gasteiger partial charge in [-0.1, -0.05) is 13.0 Å². The Labute approximate surface area is 93.5 Å². The van der Waals surface area contributed by atoms with E-state index < -0.39 is 5.97 Å². The molecule has 0 aliphatic heterocycles. The van der Waals surface area contributed by atoms with Crippen LogP contribution in [0.2, 0.25) is 0 Å². The van der Waals surface area contributed by atoms with E-state index in [0.717, 1.165) is 16.9 Å². The highest BCUT2D eigenvalue weighted by atomic mass is 16.4. The van der Waals surface area contributed by atoms with Crippen LogP contribution in [0, 0.1) is 12.8 Å². The van der Waals surface area contributed by atoms with Crippen molar-refractivity contribution in [3.05, 3.63) is 35.9 Å². The molecule has 0 spiro atoms. The molecule has 4 heteroatoms. The Balaban J connectivity index is 2.41. The summed E-state index contributed by atoms with van der Waals surface area (Å²) in [5.41, 5.74) is 2.02. The van der Waals surface area contributed by atoms with Gasteiger partial charge in [0.15, 0.2) is 0 Å². The summed E-state index contributed by atoms with van der Waals surface area (Å²) in [6, 6.07) is 3.88. The van der Waals surface area contributed by atoms with Gasteiger partial charge >= 0.3 is 5.97 Å². The number of carbonyl (C=O) groups is 1. The second kappa shape index (κ2) is 3.96. The fourth-order valence-electron chi connectivity index (χ4n) is 1.80. The number of aryl methyl sites for hydroxylation is 1. The molecule has 2 heterocycles. The van der Waals surface area contributed by atoms with Crippen molar-refractivity contribution >= 4 is 11.5 Å². The molecule has 1 N–H and O–H groups in total. The van der Waals surface area contributed by atoms with Crippen molar-refractivity contribution in [1.82, 2.24) is 9.38 Å². The molecular weight excluding hydrogens is 204 g/mol. The summed E-state index contributed by atoms with van der Waals surface area (Å²) >= 11 is 0. The van der Waals surface area contributed by atoms with Crippen LogP contribution in [0.25, 0.3) is 5.52 Å². The molecule has 0 aliphatic carbocycles. The van der Waals surface area contributed by atoms with Gasteiger partial charge in [-0.05, 0) is 25.0 Å². The van der Waals surface area contributed by atoms with Crippen molar-refractivity contribution in [2.45, 2.75) is 20.3 Å². The maximum atomic E-state index is 10.8. The molecule has 2 aromatic rings. The summed E-state index contributed by atoms with van der Waals surface area (Å²) in [4.78, 5) is 15.0. The van der Waals surface area contributed by atoms with Gasteiger partial charge in [-0.25, -0.2) is 4.98 Å². The Hall–Kier alpha value is -1.84. The van der Waals surface area contributed by atoms with Gasteiger partial charge in [0.2, 0.25) is 0 Å². The second-order valence-electron chi connectivity index (χ2n) is 4.04. The van der Waals surface area contributed by atoms with Crippen LogP contribution >= 0.6 is 0 Å². The van der Waals surface area contributed by atoms with Gasteiger partial charge in [-0.2, -0.15) is 0 Å². The summed E-state index contributed by atoms with van der Waals surface area (Å²) in [6.07, 6.45) is 4.26. The Morgan fingerprint density at radius 2 is 2.38 bits per heavy atom. The summed E-state index contributed by atoms with van der Waals surface area (Å²) in [6.45, 7) is 3.65. The van der Waals surface area contributed by atoms with E-state index in [1.54, 1.807) is 13.1 Å². The number of carboxylic acid groups (broad SMARTS) is 1. The number of hydrogen-bond donors (Lipinski definition) is 1. The maximum absolute atomic E-state index is 10.8. The zero-order valence-corrected chi connectivity index (χ0v) is 9.34. The number of hydrogen-bond acceptors (Lipinski definition) is 2. The standard InChI is InChI=1S/C12H14N2O2/c1-8(12(15)16)6-10-4-3-5-14-9(2)13-7-11(10)14/h3-5,7-8H,6H2,1-2H3,(H,15,16).